The molecule has 0 bridgehead atoms. The Bertz CT molecular complexity index is 889. The molecule has 1 amide bonds. The van der Waals surface area contributed by atoms with Crippen molar-refractivity contribution in [2.24, 2.45) is 23.5 Å². The average molecular weight is 292 g/mol. The van der Waals surface area contributed by atoms with Gasteiger partial charge < -0.3 is 16.0 Å². The number of hydrogen-bond acceptors (Lipinski definition) is 1. The van der Waals surface area contributed by atoms with Crippen LogP contribution in [0.3, 0.4) is 0 Å². The Kier molecular flexibility index (Phi) is 3.39. The van der Waals surface area contributed by atoms with E-state index < -0.39 is 5.91 Å². The highest BCUT2D eigenvalue weighted by atomic mass is 16.1. The van der Waals surface area contributed by atoms with Gasteiger partial charge in [-0.2, -0.15) is 4.99 Å². The van der Waals surface area contributed by atoms with Crippen molar-refractivity contribution in [3.8, 4) is 11.1 Å². The lowest BCUT2D eigenvalue weighted by atomic mass is 9.99. The number of nitrogens with two attached hydrogens (primary N) is 2. The van der Waals surface area contributed by atoms with Gasteiger partial charge in [0.05, 0.1) is 0 Å². The Morgan fingerprint density at radius 1 is 1.09 bits per heavy atom. The minimum atomic E-state index is -0.443. The monoisotopic (exact) mass is 292 g/mol. The lowest BCUT2D eigenvalue weighted by Gasteiger charge is -2.06. The summed E-state index contributed by atoms with van der Waals surface area (Å²) in [5.74, 6) is -0.678. The zero-order valence-electron chi connectivity index (χ0n) is 12.2. The molecule has 0 saturated heterocycles. The molecule has 1 heterocycles. The van der Waals surface area contributed by atoms with E-state index in [9.17, 15) is 4.79 Å². The highest BCUT2D eigenvalue weighted by molar-refractivity contribution is 6.03. The second-order valence-electron chi connectivity index (χ2n) is 5.09. The average Bonchev–Trinajstić information content (AvgIpc) is 2.88. The Hall–Kier alpha value is -3.08. The second kappa shape index (κ2) is 5.37. The quantitative estimate of drug-likeness (QED) is 0.561. The van der Waals surface area contributed by atoms with Crippen molar-refractivity contribution < 1.29 is 4.79 Å². The number of amides is 1. The molecule has 22 heavy (non-hydrogen) atoms. The fourth-order valence-corrected chi connectivity index (χ4v) is 2.56. The van der Waals surface area contributed by atoms with Crippen LogP contribution in [-0.2, 0) is 7.05 Å². The predicted octanol–water partition coefficient (Wildman–Crippen LogP) is 2.26. The van der Waals surface area contributed by atoms with Crippen LogP contribution in [0.5, 0.6) is 0 Å². The molecule has 0 aliphatic heterocycles. The molecule has 110 valence electrons. The number of aliphatic imine (C=N–C) groups is 1. The summed E-state index contributed by atoms with van der Waals surface area (Å²) in [4.78, 5) is 15.5. The Morgan fingerprint density at radius 2 is 1.86 bits per heavy atom. The third-order valence-electron chi connectivity index (χ3n) is 3.58. The van der Waals surface area contributed by atoms with E-state index in [1.807, 2.05) is 37.5 Å². The van der Waals surface area contributed by atoms with Gasteiger partial charge in [0.25, 0.3) is 5.91 Å². The number of rotatable bonds is 2. The molecular weight excluding hydrogens is 276 g/mol. The largest absolute Gasteiger partial charge is 0.370 e. The van der Waals surface area contributed by atoms with Gasteiger partial charge in [-0.15, -0.1) is 0 Å². The van der Waals surface area contributed by atoms with Crippen molar-refractivity contribution in [2.45, 2.75) is 0 Å². The standard InChI is InChI=1S/C17H16N4O/c1-21-9-8-14-13(6-3-7-15(14)21)11-4-2-5-12(10-11)16(22)20-17(18)19/h2-10H,1H3,(H4,18,19,20,22). The van der Waals surface area contributed by atoms with Crippen LogP contribution < -0.4 is 11.5 Å². The molecule has 0 spiro atoms. The summed E-state index contributed by atoms with van der Waals surface area (Å²) >= 11 is 0. The molecule has 4 N–H and O–H groups in total. The van der Waals surface area contributed by atoms with Crippen LogP contribution in [0.2, 0.25) is 0 Å². The summed E-state index contributed by atoms with van der Waals surface area (Å²) in [7, 11) is 2.00. The zero-order valence-corrected chi connectivity index (χ0v) is 12.2. The number of nitrogens with zero attached hydrogens (tertiary/aromatic N) is 2. The van der Waals surface area contributed by atoms with Gasteiger partial charge in [0.2, 0.25) is 0 Å². The SMILES string of the molecule is Cn1ccc2c(-c3cccc(C(=O)N=C(N)N)c3)cccc21. The number of aryl methyl sites for hydroxylation is 1. The van der Waals surface area contributed by atoms with Gasteiger partial charge in [0.1, 0.15) is 0 Å². The predicted molar refractivity (Wildman–Crippen MR) is 88.5 cm³/mol. The third kappa shape index (κ3) is 2.44. The lowest BCUT2D eigenvalue weighted by Crippen LogP contribution is -2.24. The molecule has 0 saturated carbocycles. The molecule has 1 aromatic heterocycles. The number of hydrogen-bond donors (Lipinski definition) is 2. The fraction of sp³-hybridized carbons (Fsp3) is 0.0588. The van der Waals surface area contributed by atoms with Crippen molar-refractivity contribution in [2.75, 3.05) is 0 Å². The highest BCUT2D eigenvalue weighted by Gasteiger charge is 2.09. The molecule has 5 heteroatoms. The number of fused-ring (bicyclic) bond motifs is 1. The van der Waals surface area contributed by atoms with Gasteiger partial charge in [-0.25, -0.2) is 0 Å². The Labute approximate surface area is 127 Å². The first-order valence-electron chi connectivity index (χ1n) is 6.85. The molecule has 0 atom stereocenters. The van der Waals surface area contributed by atoms with Crippen molar-refractivity contribution in [3.05, 3.63) is 60.3 Å². The summed E-state index contributed by atoms with van der Waals surface area (Å²) in [6, 6.07) is 15.5. The molecule has 5 nitrogen and oxygen atoms in total. The molecule has 0 unspecified atom stereocenters. The van der Waals surface area contributed by atoms with E-state index in [-0.39, 0.29) is 5.96 Å². The summed E-state index contributed by atoms with van der Waals surface area (Å²) in [5.41, 5.74) is 14.1. The molecule has 3 aromatic rings. The topological polar surface area (TPSA) is 86.4 Å². The first-order valence-corrected chi connectivity index (χ1v) is 6.85. The second-order valence-corrected chi connectivity index (χ2v) is 5.09. The van der Waals surface area contributed by atoms with E-state index in [0.29, 0.717) is 5.56 Å². The first kappa shape index (κ1) is 13.9. The van der Waals surface area contributed by atoms with Crippen LogP contribution in [0.25, 0.3) is 22.0 Å². The van der Waals surface area contributed by atoms with E-state index in [1.54, 1.807) is 12.1 Å². The van der Waals surface area contributed by atoms with E-state index in [2.05, 4.69) is 21.7 Å². The molecule has 3 rings (SSSR count). The van der Waals surface area contributed by atoms with Gasteiger partial charge >= 0.3 is 0 Å². The number of benzene rings is 2. The fourth-order valence-electron chi connectivity index (χ4n) is 2.56. The smallest absolute Gasteiger partial charge is 0.280 e. The van der Waals surface area contributed by atoms with Crippen molar-refractivity contribution in [1.82, 2.24) is 4.57 Å². The highest BCUT2D eigenvalue weighted by Crippen LogP contribution is 2.29. The normalized spacial score (nSPS) is 10.6. The summed E-state index contributed by atoms with van der Waals surface area (Å²) in [5, 5.41) is 1.14. The van der Waals surface area contributed by atoms with Crippen LogP contribution in [0, 0.1) is 0 Å². The molecule has 0 aliphatic carbocycles. The van der Waals surface area contributed by atoms with Crippen LogP contribution in [0.15, 0.2) is 59.7 Å². The van der Waals surface area contributed by atoms with Gasteiger partial charge in [-0.3, -0.25) is 4.79 Å². The van der Waals surface area contributed by atoms with Crippen molar-refractivity contribution in [3.63, 3.8) is 0 Å². The van der Waals surface area contributed by atoms with Crippen molar-refractivity contribution >= 4 is 22.8 Å². The third-order valence-corrected chi connectivity index (χ3v) is 3.58. The van der Waals surface area contributed by atoms with Crippen LogP contribution in [0.1, 0.15) is 10.4 Å². The maximum Gasteiger partial charge on any atom is 0.280 e. The number of carbonyl (C=O) groups is 1. The minimum Gasteiger partial charge on any atom is -0.370 e. The lowest BCUT2D eigenvalue weighted by molar-refractivity contribution is 0.100. The minimum absolute atomic E-state index is 0.236. The van der Waals surface area contributed by atoms with Crippen LogP contribution in [0.4, 0.5) is 0 Å². The summed E-state index contributed by atoms with van der Waals surface area (Å²) in [6.45, 7) is 0. The Balaban J connectivity index is 2.12. The first-order chi connectivity index (χ1) is 10.6. The molecule has 0 aliphatic rings. The maximum absolute atomic E-state index is 12.0. The summed E-state index contributed by atoms with van der Waals surface area (Å²) in [6.07, 6.45) is 2.02. The molecule has 0 fully saturated rings. The van der Waals surface area contributed by atoms with Gasteiger partial charge in [-0.1, -0.05) is 24.3 Å². The molecule has 2 aromatic carbocycles. The van der Waals surface area contributed by atoms with Crippen LogP contribution >= 0.6 is 0 Å². The molecule has 0 radical (unpaired) electrons. The van der Waals surface area contributed by atoms with Gasteiger partial charge in [0, 0.05) is 29.7 Å². The van der Waals surface area contributed by atoms with E-state index in [4.69, 9.17) is 11.5 Å². The van der Waals surface area contributed by atoms with Gasteiger partial charge in [0.15, 0.2) is 5.96 Å². The number of aromatic nitrogens is 1. The van der Waals surface area contributed by atoms with E-state index in [1.165, 1.54) is 0 Å². The maximum atomic E-state index is 12.0. The number of carbonyl (C=O) groups excluding carboxylic acids is 1. The molecular formula is C17H16N4O. The number of guanidine groups is 1. The van der Waals surface area contributed by atoms with Crippen LogP contribution in [-0.4, -0.2) is 16.4 Å². The Morgan fingerprint density at radius 3 is 2.64 bits per heavy atom. The zero-order chi connectivity index (χ0) is 15.7. The van der Waals surface area contributed by atoms with Gasteiger partial charge in [-0.05, 0) is 35.4 Å². The van der Waals surface area contributed by atoms with Crippen molar-refractivity contribution in [1.29, 1.82) is 0 Å². The summed E-state index contributed by atoms with van der Waals surface area (Å²) < 4.78 is 2.06. The van der Waals surface area contributed by atoms with E-state index in [0.717, 1.165) is 22.0 Å². The van der Waals surface area contributed by atoms with E-state index >= 15 is 0 Å².